The first-order valence-electron chi connectivity index (χ1n) is 9.14. The third kappa shape index (κ3) is 6.40. The third-order valence-corrected chi connectivity index (χ3v) is 4.43. The summed E-state index contributed by atoms with van der Waals surface area (Å²) in [6.45, 7) is 0.613. The largest absolute Gasteiger partial charge is 0.497 e. The number of carbonyl (C=O) groups excluding carboxylic acids is 1. The van der Waals surface area contributed by atoms with Gasteiger partial charge in [0, 0.05) is 6.54 Å². The number of methoxy groups -OCH3 is 1. The van der Waals surface area contributed by atoms with E-state index in [1.807, 2.05) is 30.3 Å². The predicted molar refractivity (Wildman–Crippen MR) is 115 cm³/mol. The summed E-state index contributed by atoms with van der Waals surface area (Å²) in [5.74, 6) is 1.77. The van der Waals surface area contributed by atoms with Crippen molar-refractivity contribution in [1.82, 2.24) is 4.98 Å². The number of hydrogen-bond donors (Lipinski definition) is 2. The van der Waals surface area contributed by atoms with Gasteiger partial charge in [-0.25, -0.2) is 4.98 Å². The van der Waals surface area contributed by atoms with Gasteiger partial charge in [0.05, 0.1) is 24.0 Å². The Bertz CT molecular complexity index is 931. The summed E-state index contributed by atoms with van der Waals surface area (Å²) in [6, 6.07) is 18.6. The summed E-state index contributed by atoms with van der Waals surface area (Å²) in [4.78, 5) is 16.3. The van der Waals surface area contributed by atoms with Gasteiger partial charge in [-0.1, -0.05) is 35.9 Å². The number of hydrogen-bond acceptors (Lipinski definition) is 5. The number of nitrogens with one attached hydrogen (secondary N) is 2. The van der Waals surface area contributed by atoms with Crippen molar-refractivity contribution in [2.24, 2.45) is 0 Å². The fourth-order valence-corrected chi connectivity index (χ4v) is 2.79. The fraction of sp³-hybridized carbons (Fsp3) is 0.182. The molecule has 6 nitrogen and oxygen atoms in total. The smallest absolute Gasteiger partial charge is 0.262 e. The van der Waals surface area contributed by atoms with Crippen molar-refractivity contribution in [1.29, 1.82) is 0 Å². The van der Waals surface area contributed by atoms with E-state index in [2.05, 4.69) is 15.6 Å². The van der Waals surface area contributed by atoms with E-state index in [9.17, 15) is 4.79 Å². The maximum atomic E-state index is 12.0. The number of benzene rings is 2. The van der Waals surface area contributed by atoms with Gasteiger partial charge in [0.1, 0.15) is 17.3 Å². The molecule has 0 atom stereocenters. The summed E-state index contributed by atoms with van der Waals surface area (Å²) in [7, 11) is 1.65. The lowest BCUT2D eigenvalue weighted by molar-refractivity contribution is -0.118. The van der Waals surface area contributed by atoms with Crippen LogP contribution in [-0.4, -0.2) is 31.2 Å². The van der Waals surface area contributed by atoms with Gasteiger partial charge < -0.3 is 20.1 Å². The Hall–Kier alpha value is -3.25. The highest BCUT2D eigenvalue weighted by Gasteiger charge is 2.06. The maximum Gasteiger partial charge on any atom is 0.262 e. The molecule has 0 saturated heterocycles. The van der Waals surface area contributed by atoms with Crippen LogP contribution in [0.3, 0.4) is 0 Å². The molecule has 0 aliphatic heterocycles. The number of pyridine rings is 1. The zero-order valence-corrected chi connectivity index (χ0v) is 16.8. The second kappa shape index (κ2) is 10.3. The van der Waals surface area contributed by atoms with Gasteiger partial charge in [0.25, 0.3) is 5.91 Å². The molecule has 0 aliphatic rings. The molecule has 2 aromatic carbocycles. The summed E-state index contributed by atoms with van der Waals surface area (Å²) < 4.78 is 10.6. The van der Waals surface area contributed by atoms with Gasteiger partial charge >= 0.3 is 0 Å². The molecular formula is C22H22ClN3O3. The standard InChI is InChI=1S/C22H22ClN3O3/c1-28-18-9-6-16(7-10-18)12-13-24-21-11-8-17(14-25-21)26-22(27)15-29-20-5-3-2-4-19(20)23/h2-11,14H,12-13,15H2,1H3,(H,24,25)(H,26,27). The van der Waals surface area contributed by atoms with Crippen LogP contribution in [0.25, 0.3) is 0 Å². The number of anilines is 2. The molecule has 0 aliphatic carbocycles. The minimum atomic E-state index is -0.285. The van der Waals surface area contributed by atoms with Gasteiger partial charge in [-0.2, -0.15) is 0 Å². The van der Waals surface area contributed by atoms with E-state index in [1.165, 1.54) is 5.56 Å². The zero-order valence-electron chi connectivity index (χ0n) is 16.0. The number of aromatic nitrogens is 1. The van der Waals surface area contributed by atoms with E-state index < -0.39 is 0 Å². The monoisotopic (exact) mass is 411 g/mol. The topological polar surface area (TPSA) is 72.5 Å². The Morgan fingerprint density at radius 1 is 1.07 bits per heavy atom. The minimum absolute atomic E-state index is 0.133. The van der Waals surface area contributed by atoms with E-state index >= 15 is 0 Å². The molecule has 0 radical (unpaired) electrons. The summed E-state index contributed by atoms with van der Waals surface area (Å²) in [5, 5.41) is 6.47. The summed E-state index contributed by atoms with van der Waals surface area (Å²) >= 11 is 6.00. The van der Waals surface area contributed by atoms with E-state index in [4.69, 9.17) is 21.1 Å². The minimum Gasteiger partial charge on any atom is -0.497 e. The van der Waals surface area contributed by atoms with Crippen molar-refractivity contribution < 1.29 is 14.3 Å². The van der Waals surface area contributed by atoms with Crippen molar-refractivity contribution in [3.05, 3.63) is 77.4 Å². The molecule has 0 fully saturated rings. The molecule has 1 amide bonds. The number of halogens is 1. The lowest BCUT2D eigenvalue weighted by Gasteiger charge is -2.10. The Morgan fingerprint density at radius 3 is 2.55 bits per heavy atom. The van der Waals surface area contributed by atoms with Gasteiger partial charge in [-0.15, -0.1) is 0 Å². The van der Waals surface area contributed by atoms with E-state index in [0.29, 0.717) is 16.5 Å². The average Bonchev–Trinajstić information content (AvgIpc) is 2.75. The Balaban J connectivity index is 1.42. The first kappa shape index (κ1) is 20.5. The summed E-state index contributed by atoms with van der Waals surface area (Å²) in [6.07, 6.45) is 2.46. The van der Waals surface area contributed by atoms with Crippen LogP contribution in [0.1, 0.15) is 5.56 Å². The Labute approximate surface area is 174 Å². The highest BCUT2D eigenvalue weighted by Crippen LogP contribution is 2.23. The molecule has 0 spiro atoms. The van der Waals surface area contributed by atoms with Crippen LogP contribution < -0.4 is 20.1 Å². The quantitative estimate of drug-likeness (QED) is 0.545. The molecule has 0 saturated carbocycles. The number of carbonyl (C=O) groups is 1. The first-order chi connectivity index (χ1) is 14.1. The van der Waals surface area contributed by atoms with Crippen LogP contribution >= 0.6 is 11.6 Å². The number of nitrogens with zero attached hydrogens (tertiary/aromatic N) is 1. The molecule has 3 rings (SSSR count). The first-order valence-corrected chi connectivity index (χ1v) is 9.52. The molecular weight excluding hydrogens is 390 g/mol. The average molecular weight is 412 g/mol. The normalized spacial score (nSPS) is 10.3. The lowest BCUT2D eigenvalue weighted by Crippen LogP contribution is -2.20. The molecule has 29 heavy (non-hydrogen) atoms. The van der Waals surface area contributed by atoms with Crippen molar-refractivity contribution in [3.8, 4) is 11.5 Å². The van der Waals surface area contributed by atoms with Crippen molar-refractivity contribution in [3.63, 3.8) is 0 Å². The highest BCUT2D eigenvalue weighted by atomic mass is 35.5. The van der Waals surface area contributed by atoms with Crippen molar-refractivity contribution >= 4 is 29.0 Å². The second-order valence-corrected chi connectivity index (χ2v) is 6.63. The Morgan fingerprint density at radius 2 is 1.86 bits per heavy atom. The number of rotatable bonds is 9. The number of ether oxygens (including phenoxy) is 2. The molecule has 2 N–H and O–H groups in total. The maximum absolute atomic E-state index is 12.0. The molecule has 0 unspecified atom stereocenters. The van der Waals surface area contributed by atoms with Crippen LogP contribution in [-0.2, 0) is 11.2 Å². The predicted octanol–water partition coefficient (Wildman–Crippen LogP) is 4.42. The molecule has 0 bridgehead atoms. The van der Waals surface area contributed by atoms with E-state index in [-0.39, 0.29) is 12.5 Å². The van der Waals surface area contributed by atoms with Crippen molar-refractivity contribution in [2.75, 3.05) is 30.9 Å². The van der Waals surface area contributed by atoms with Gasteiger partial charge in [0.2, 0.25) is 0 Å². The number of para-hydroxylation sites is 1. The second-order valence-electron chi connectivity index (χ2n) is 6.22. The Kier molecular flexibility index (Phi) is 7.30. The van der Waals surface area contributed by atoms with Crippen LogP contribution in [0.5, 0.6) is 11.5 Å². The molecule has 1 heterocycles. The molecule has 1 aromatic heterocycles. The summed E-state index contributed by atoms with van der Waals surface area (Å²) in [5.41, 5.74) is 1.80. The molecule has 150 valence electrons. The lowest BCUT2D eigenvalue weighted by atomic mass is 10.1. The SMILES string of the molecule is COc1ccc(CCNc2ccc(NC(=O)COc3ccccc3Cl)cn2)cc1. The molecule has 7 heteroatoms. The highest BCUT2D eigenvalue weighted by molar-refractivity contribution is 6.32. The van der Waals surface area contributed by atoms with Gasteiger partial charge in [-0.05, 0) is 48.4 Å². The van der Waals surface area contributed by atoms with Crippen LogP contribution in [0.4, 0.5) is 11.5 Å². The number of amides is 1. The van der Waals surface area contributed by atoms with Gasteiger partial charge in [0.15, 0.2) is 6.61 Å². The fourth-order valence-electron chi connectivity index (χ4n) is 2.60. The van der Waals surface area contributed by atoms with E-state index in [1.54, 1.807) is 43.6 Å². The van der Waals surface area contributed by atoms with Crippen LogP contribution in [0.15, 0.2) is 66.9 Å². The molecule has 3 aromatic rings. The van der Waals surface area contributed by atoms with Crippen molar-refractivity contribution in [2.45, 2.75) is 6.42 Å². The zero-order chi connectivity index (χ0) is 20.5. The van der Waals surface area contributed by atoms with Crippen LogP contribution in [0, 0.1) is 0 Å². The van der Waals surface area contributed by atoms with Crippen LogP contribution in [0.2, 0.25) is 5.02 Å². The third-order valence-electron chi connectivity index (χ3n) is 4.12. The van der Waals surface area contributed by atoms with Gasteiger partial charge in [-0.3, -0.25) is 4.79 Å². The van der Waals surface area contributed by atoms with E-state index in [0.717, 1.165) is 24.5 Å².